The summed E-state index contributed by atoms with van der Waals surface area (Å²) in [6, 6.07) is 11.3. The zero-order valence-corrected chi connectivity index (χ0v) is 19.5. The number of halogens is 3. The molecule has 182 valence electrons. The van der Waals surface area contributed by atoms with Gasteiger partial charge in [-0.15, -0.1) is 0 Å². The number of aromatic nitrogens is 6. The van der Waals surface area contributed by atoms with Crippen LogP contribution < -0.4 is 4.74 Å². The maximum atomic E-state index is 13.1. The molecule has 10 heteroatoms. The zero-order chi connectivity index (χ0) is 25.1. The van der Waals surface area contributed by atoms with Gasteiger partial charge >= 0.3 is 6.18 Å². The second kappa shape index (κ2) is 7.91. The van der Waals surface area contributed by atoms with Crippen molar-refractivity contribution in [3.05, 3.63) is 78.0 Å². The van der Waals surface area contributed by atoms with Crippen LogP contribution in [-0.4, -0.2) is 36.6 Å². The number of pyridine rings is 1. The number of aromatic amines is 1. The van der Waals surface area contributed by atoms with E-state index in [-0.39, 0.29) is 11.2 Å². The standard InChI is InChI=1S/C26H21F3N6O/c1-35-14-20(26(27,28)29)33-23(35)15-5-7-16(8-6-15)25(9-10-25)18-12-31-19-13-32-22(34-21(18)19)17-4-3-11-30-24(17)36-2/h3-8,11-14,31H,9-10H2,1-2H3. The molecule has 1 aliphatic carbocycles. The number of aryl methyl sites for hydroxylation is 1. The molecule has 0 spiro atoms. The summed E-state index contributed by atoms with van der Waals surface area (Å²) in [7, 11) is 3.12. The lowest BCUT2D eigenvalue weighted by Crippen LogP contribution is -2.09. The Morgan fingerprint density at radius 1 is 1.06 bits per heavy atom. The molecular formula is C26H21F3N6O. The largest absolute Gasteiger partial charge is 0.480 e. The predicted molar refractivity (Wildman–Crippen MR) is 127 cm³/mol. The van der Waals surface area contributed by atoms with Crippen LogP contribution >= 0.6 is 0 Å². The van der Waals surface area contributed by atoms with Gasteiger partial charge in [0.15, 0.2) is 11.5 Å². The van der Waals surface area contributed by atoms with Gasteiger partial charge in [-0.25, -0.2) is 19.9 Å². The molecule has 0 atom stereocenters. The molecule has 0 radical (unpaired) electrons. The molecule has 1 fully saturated rings. The Morgan fingerprint density at radius 2 is 1.83 bits per heavy atom. The maximum Gasteiger partial charge on any atom is 0.434 e. The highest BCUT2D eigenvalue weighted by molar-refractivity contribution is 5.83. The Kier molecular flexibility index (Phi) is 4.89. The lowest BCUT2D eigenvalue weighted by Gasteiger charge is -2.16. The highest BCUT2D eigenvalue weighted by Crippen LogP contribution is 2.55. The summed E-state index contributed by atoms with van der Waals surface area (Å²) in [6.45, 7) is 0. The Labute approximate surface area is 204 Å². The molecule has 4 aromatic heterocycles. The van der Waals surface area contributed by atoms with E-state index in [0.29, 0.717) is 22.8 Å². The normalized spacial score (nSPS) is 14.8. The van der Waals surface area contributed by atoms with E-state index in [1.807, 2.05) is 42.6 Å². The number of ether oxygens (including phenoxy) is 1. The van der Waals surface area contributed by atoms with Gasteiger partial charge in [0.05, 0.1) is 29.9 Å². The smallest absolute Gasteiger partial charge is 0.434 e. The number of methoxy groups -OCH3 is 1. The summed E-state index contributed by atoms with van der Waals surface area (Å²) in [5.41, 5.74) is 4.00. The van der Waals surface area contributed by atoms with Crippen LogP contribution in [0.4, 0.5) is 13.2 Å². The van der Waals surface area contributed by atoms with E-state index in [9.17, 15) is 13.2 Å². The number of benzene rings is 1. The van der Waals surface area contributed by atoms with Crippen LogP contribution in [0.3, 0.4) is 0 Å². The molecule has 5 aromatic rings. The van der Waals surface area contributed by atoms with Gasteiger partial charge in [-0.1, -0.05) is 24.3 Å². The summed E-state index contributed by atoms with van der Waals surface area (Å²) >= 11 is 0. The van der Waals surface area contributed by atoms with Crippen LogP contribution in [0, 0.1) is 0 Å². The molecule has 0 aliphatic heterocycles. The first-order valence-corrected chi connectivity index (χ1v) is 11.4. The number of nitrogens with one attached hydrogen (secondary N) is 1. The second-order valence-electron chi connectivity index (χ2n) is 8.94. The lowest BCUT2D eigenvalue weighted by molar-refractivity contribution is -0.140. The molecule has 0 saturated heterocycles. The third kappa shape index (κ3) is 3.52. The average Bonchev–Trinajstić information content (AvgIpc) is 3.40. The van der Waals surface area contributed by atoms with Crippen LogP contribution in [0.5, 0.6) is 5.88 Å². The van der Waals surface area contributed by atoms with E-state index in [2.05, 4.69) is 19.9 Å². The molecule has 1 saturated carbocycles. The van der Waals surface area contributed by atoms with Gasteiger partial charge in [0.1, 0.15) is 5.82 Å². The fraction of sp³-hybridized carbons (Fsp3) is 0.231. The Bertz CT molecular complexity index is 1580. The molecule has 0 bridgehead atoms. The minimum atomic E-state index is -4.48. The van der Waals surface area contributed by atoms with Crippen molar-refractivity contribution in [1.82, 2.24) is 29.5 Å². The monoisotopic (exact) mass is 490 g/mol. The predicted octanol–water partition coefficient (Wildman–Crippen LogP) is 5.53. The molecule has 4 heterocycles. The molecule has 1 aromatic carbocycles. The second-order valence-corrected chi connectivity index (χ2v) is 8.94. The number of alkyl halides is 3. The van der Waals surface area contributed by atoms with Crippen molar-refractivity contribution in [2.24, 2.45) is 7.05 Å². The SMILES string of the molecule is COc1ncccc1-c1ncc2[nH]cc(C3(c4ccc(-c5nc(C(F)(F)F)cn5C)cc4)CC3)c2n1. The summed E-state index contributed by atoms with van der Waals surface area (Å²) in [4.78, 5) is 20.7. The third-order valence-corrected chi connectivity index (χ3v) is 6.75. The minimum Gasteiger partial charge on any atom is -0.480 e. The summed E-state index contributed by atoms with van der Waals surface area (Å²) in [6.07, 6.45) is 3.78. The topological polar surface area (TPSA) is 81.5 Å². The molecule has 1 aliphatic rings. The van der Waals surface area contributed by atoms with Crippen molar-refractivity contribution in [3.63, 3.8) is 0 Å². The lowest BCUT2D eigenvalue weighted by atomic mass is 9.88. The minimum absolute atomic E-state index is 0.222. The highest BCUT2D eigenvalue weighted by atomic mass is 19.4. The third-order valence-electron chi connectivity index (χ3n) is 6.75. The summed E-state index contributed by atoms with van der Waals surface area (Å²) < 4.78 is 46.0. The number of nitrogens with zero attached hydrogens (tertiary/aromatic N) is 5. The fourth-order valence-corrected chi connectivity index (χ4v) is 4.78. The number of fused-ring (bicyclic) bond motifs is 1. The average molecular weight is 490 g/mol. The van der Waals surface area contributed by atoms with Crippen LogP contribution in [0.25, 0.3) is 33.8 Å². The molecular weight excluding hydrogens is 469 g/mol. The van der Waals surface area contributed by atoms with Crippen LogP contribution in [0.1, 0.15) is 29.7 Å². The van der Waals surface area contributed by atoms with Crippen molar-refractivity contribution >= 4 is 11.0 Å². The number of hydrogen-bond donors (Lipinski definition) is 1. The highest BCUT2D eigenvalue weighted by Gasteiger charge is 2.47. The van der Waals surface area contributed by atoms with Gasteiger partial charge < -0.3 is 14.3 Å². The van der Waals surface area contributed by atoms with E-state index in [1.165, 1.54) is 4.57 Å². The fourth-order valence-electron chi connectivity index (χ4n) is 4.78. The van der Waals surface area contributed by atoms with Crippen LogP contribution in [0.15, 0.2) is 61.2 Å². The Balaban J connectivity index is 1.37. The number of imidazole rings is 1. The molecule has 6 rings (SSSR count). The van der Waals surface area contributed by atoms with Crippen molar-refractivity contribution in [3.8, 4) is 28.7 Å². The van der Waals surface area contributed by atoms with Crippen molar-refractivity contribution in [1.29, 1.82) is 0 Å². The molecule has 0 amide bonds. The Morgan fingerprint density at radius 3 is 2.50 bits per heavy atom. The van der Waals surface area contributed by atoms with Gasteiger partial charge in [0, 0.05) is 42.2 Å². The van der Waals surface area contributed by atoms with Gasteiger partial charge in [-0.2, -0.15) is 13.2 Å². The number of H-pyrrole nitrogens is 1. The van der Waals surface area contributed by atoms with E-state index in [1.54, 1.807) is 26.6 Å². The zero-order valence-electron chi connectivity index (χ0n) is 19.5. The number of rotatable bonds is 5. The quantitative estimate of drug-likeness (QED) is 0.351. The van der Waals surface area contributed by atoms with Gasteiger partial charge in [-0.05, 0) is 30.5 Å². The first-order chi connectivity index (χ1) is 17.3. The van der Waals surface area contributed by atoms with Crippen molar-refractivity contribution in [2.75, 3.05) is 7.11 Å². The molecule has 0 unspecified atom stereocenters. The number of hydrogen-bond acceptors (Lipinski definition) is 5. The van der Waals surface area contributed by atoms with Crippen LogP contribution in [0.2, 0.25) is 0 Å². The molecule has 7 nitrogen and oxygen atoms in total. The van der Waals surface area contributed by atoms with Crippen molar-refractivity contribution in [2.45, 2.75) is 24.4 Å². The van der Waals surface area contributed by atoms with Gasteiger partial charge in [-0.3, -0.25) is 0 Å². The van der Waals surface area contributed by atoms with Gasteiger partial charge in [0.25, 0.3) is 0 Å². The maximum absolute atomic E-state index is 13.1. The summed E-state index contributed by atoms with van der Waals surface area (Å²) in [5, 5.41) is 0. The van der Waals surface area contributed by atoms with E-state index >= 15 is 0 Å². The van der Waals surface area contributed by atoms with Gasteiger partial charge in [0.2, 0.25) is 5.88 Å². The van der Waals surface area contributed by atoms with Crippen LogP contribution in [-0.2, 0) is 18.6 Å². The first-order valence-electron chi connectivity index (χ1n) is 11.4. The first kappa shape index (κ1) is 22.3. The Hall–Kier alpha value is -4.21. The van der Waals surface area contributed by atoms with E-state index < -0.39 is 11.9 Å². The molecule has 1 N–H and O–H groups in total. The van der Waals surface area contributed by atoms with E-state index in [0.717, 1.165) is 41.2 Å². The van der Waals surface area contributed by atoms with E-state index in [4.69, 9.17) is 9.72 Å². The summed E-state index contributed by atoms with van der Waals surface area (Å²) in [5.74, 6) is 1.25. The van der Waals surface area contributed by atoms with Crippen molar-refractivity contribution < 1.29 is 17.9 Å². The molecule has 36 heavy (non-hydrogen) atoms.